The number of fused-ring (bicyclic) bond motifs is 1. The second-order valence-corrected chi connectivity index (χ2v) is 15.2. The van der Waals surface area contributed by atoms with Crippen LogP contribution in [0.15, 0.2) is 30.5 Å². The monoisotopic (exact) mass is 664 g/mol. The molecule has 5 atom stereocenters. The van der Waals surface area contributed by atoms with Gasteiger partial charge in [0.1, 0.15) is 23.9 Å². The van der Waals surface area contributed by atoms with E-state index in [-0.39, 0.29) is 19.0 Å². The number of hydrogen-bond donors (Lipinski definition) is 4. The number of ether oxygens (including phenoxy) is 2. The molecule has 0 spiro atoms. The summed E-state index contributed by atoms with van der Waals surface area (Å²) in [5.74, 6) is -1.96. The van der Waals surface area contributed by atoms with Crippen molar-refractivity contribution < 1.29 is 33.4 Å². The number of carbonyl (C=O) groups excluding carboxylic acids is 5. The number of methoxy groups -OCH3 is 1. The molecule has 13 heteroatoms. The van der Waals surface area contributed by atoms with E-state index in [2.05, 4.69) is 26.3 Å². The number of Topliss-reactive ketones (excluding diaryl/α,β-unsaturated/α-hetero) is 2. The van der Waals surface area contributed by atoms with Crippen molar-refractivity contribution in [3.05, 3.63) is 30.5 Å². The Kier molecular flexibility index (Phi) is 9.48. The second-order valence-electron chi connectivity index (χ2n) is 15.2. The molecule has 260 valence electrons. The molecule has 0 radical (unpaired) electrons. The van der Waals surface area contributed by atoms with Crippen LogP contribution in [-0.4, -0.2) is 88.4 Å². The molecule has 4 N–H and O–H groups in total. The lowest BCUT2D eigenvalue weighted by Crippen LogP contribution is -2.80. The van der Waals surface area contributed by atoms with E-state index in [1.807, 2.05) is 59.7 Å². The Morgan fingerprint density at radius 2 is 1.79 bits per heavy atom. The van der Waals surface area contributed by atoms with E-state index in [0.29, 0.717) is 18.1 Å². The molecule has 2 heterocycles. The van der Waals surface area contributed by atoms with E-state index >= 15 is 0 Å². The maximum atomic E-state index is 14.4. The lowest BCUT2D eigenvalue weighted by molar-refractivity contribution is -0.161. The Balaban J connectivity index is 1.46. The predicted molar refractivity (Wildman–Crippen MR) is 178 cm³/mol. The minimum absolute atomic E-state index is 0.0145. The van der Waals surface area contributed by atoms with Gasteiger partial charge in [-0.1, -0.05) is 27.7 Å². The van der Waals surface area contributed by atoms with Gasteiger partial charge in [0.05, 0.1) is 19.6 Å². The zero-order chi connectivity index (χ0) is 35.2. The van der Waals surface area contributed by atoms with E-state index in [1.54, 1.807) is 26.3 Å². The molecule has 13 nitrogen and oxygen atoms in total. The van der Waals surface area contributed by atoms with Gasteiger partial charge >= 0.3 is 6.03 Å². The Bertz CT molecular complexity index is 1610. The number of carbonyl (C=O) groups is 5. The first-order valence-corrected chi connectivity index (χ1v) is 16.6. The van der Waals surface area contributed by atoms with Gasteiger partial charge in [0.2, 0.25) is 29.3 Å². The first-order chi connectivity index (χ1) is 22.5. The van der Waals surface area contributed by atoms with E-state index in [1.165, 1.54) is 4.90 Å². The van der Waals surface area contributed by atoms with Gasteiger partial charge in [0, 0.05) is 29.6 Å². The number of urea groups is 1. The summed E-state index contributed by atoms with van der Waals surface area (Å²) in [6.45, 7) is 12.8. The van der Waals surface area contributed by atoms with Gasteiger partial charge in [0.25, 0.3) is 0 Å². The Labute approximate surface area is 281 Å². The molecule has 1 aromatic carbocycles. The summed E-state index contributed by atoms with van der Waals surface area (Å²) >= 11 is 0. The molecule has 4 amide bonds. The molecular formula is C35H48N6O7. The van der Waals surface area contributed by atoms with Gasteiger partial charge in [-0.05, 0) is 75.1 Å². The summed E-state index contributed by atoms with van der Waals surface area (Å²) in [5.41, 5.74) is -2.81. The van der Waals surface area contributed by atoms with Crippen LogP contribution in [0.1, 0.15) is 74.1 Å². The highest BCUT2D eigenvalue weighted by atomic mass is 16.5. The number of nitrogens with one attached hydrogen (secondary N) is 4. The minimum Gasteiger partial charge on any atom is -0.497 e. The molecule has 5 rings (SSSR count). The third-order valence-electron chi connectivity index (χ3n) is 9.10. The summed E-state index contributed by atoms with van der Waals surface area (Å²) in [6.07, 6.45) is 3.08. The van der Waals surface area contributed by atoms with Crippen LogP contribution in [0.5, 0.6) is 11.6 Å². The number of nitrogens with zero attached hydrogens (tertiary/aromatic N) is 2. The normalized spacial score (nSPS) is 24.9. The maximum Gasteiger partial charge on any atom is 0.315 e. The molecule has 1 aliphatic heterocycles. The first kappa shape index (κ1) is 35.1. The molecule has 2 saturated carbocycles. The van der Waals surface area contributed by atoms with Crippen LogP contribution in [0.2, 0.25) is 0 Å². The van der Waals surface area contributed by atoms with Crippen molar-refractivity contribution in [1.29, 1.82) is 0 Å². The summed E-state index contributed by atoms with van der Waals surface area (Å²) in [6, 6.07) is 4.76. The van der Waals surface area contributed by atoms with E-state index < -0.39 is 70.1 Å². The molecule has 3 fully saturated rings. The van der Waals surface area contributed by atoms with Crippen molar-refractivity contribution in [2.45, 2.75) is 110 Å². The Hall–Kier alpha value is -4.26. The summed E-state index contributed by atoms with van der Waals surface area (Å²) in [7, 11) is 1.58. The number of rotatable bonds is 10. The zero-order valence-electron chi connectivity index (χ0n) is 29.1. The number of benzene rings is 1. The number of hydrogen-bond acceptors (Lipinski definition) is 9. The topological polar surface area (TPSA) is 168 Å². The van der Waals surface area contributed by atoms with E-state index in [4.69, 9.17) is 9.47 Å². The Morgan fingerprint density at radius 1 is 1.08 bits per heavy atom. The largest absolute Gasteiger partial charge is 0.497 e. The first-order valence-electron chi connectivity index (χ1n) is 16.6. The van der Waals surface area contributed by atoms with Crippen LogP contribution in [0, 0.1) is 11.3 Å². The summed E-state index contributed by atoms with van der Waals surface area (Å²) in [5, 5.41) is 13.4. The second kappa shape index (κ2) is 13.0. The molecule has 48 heavy (non-hydrogen) atoms. The fourth-order valence-electron chi connectivity index (χ4n) is 6.50. The van der Waals surface area contributed by atoms with Gasteiger partial charge in [-0.25, -0.2) is 9.78 Å². The fourth-order valence-corrected chi connectivity index (χ4v) is 6.50. The molecule has 1 saturated heterocycles. The van der Waals surface area contributed by atoms with Crippen LogP contribution in [0.3, 0.4) is 0 Å². The van der Waals surface area contributed by atoms with Gasteiger partial charge in [-0.2, -0.15) is 0 Å². The van der Waals surface area contributed by atoms with Crippen LogP contribution in [-0.2, 0) is 19.2 Å². The number of amides is 4. The van der Waals surface area contributed by atoms with Gasteiger partial charge in [-0.3, -0.25) is 24.5 Å². The quantitative estimate of drug-likeness (QED) is 0.221. The standard InChI is InChI=1S/C35H48N6O7/c1-9-24-26(42)28(43)35(24,38-20-10-11-20)39-29(44)25-17-22(48-30-23-13-12-21(47-8)16-19(23)14-15-36-30)18-41(25)31(45)27(33(2,3)4)37-32(46)40-34(5,6)7/h12-16,20,22,24-25,27,38H,9-11,17-18H2,1-8H3,(H,39,44)(H2,37,40,46)/t22-,24?,25+,27-,35+/m1/s1. The van der Waals surface area contributed by atoms with E-state index in [9.17, 15) is 24.0 Å². The number of ketones is 2. The SMILES string of the molecule is CCC1C(=O)C(=O)[C@]1(NC(=O)[C@@H]1C[C@@H](Oc2nccc3cc(OC)ccc23)CN1C(=O)[C@@H](NC(=O)NC(C)(C)C)C(C)(C)C)NC1CC1. The van der Waals surface area contributed by atoms with Crippen molar-refractivity contribution in [2.24, 2.45) is 11.3 Å². The number of pyridine rings is 1. The smallest absolute Gasteiger partial charge is 0.315 e. The van der Waals surface area contributed by atoms with Crippen LogP contribution < -0.4 is 30.7 Å². The van der Waals surface area contributed by atoms with Crippen molar-refractivity contribution in [2.75, 3.05) is 13.7 Å². The molecule has 3 aliphatic rings. The molecule has 2 aliphatic carbocycles. The predicted octanol–water partition coefficient (Wildman–Crippen LogP) is 2.85. The van der Waals surface area contributed by atoms with Crippen molar-refractivity contribution >= 4 is 40.2 Å². The average Bonchev–Trinajstić information content (AvgIpc) is 3.73. The maximum absolute atomic E-state index is 14.4. The molecule has 0 bridgehead atoms. The van der Waals surface area contributed by atoms with Crippen molar-refractivity contribution in [3.8, 4) is 11.6 Å². The summed E-state index contributed by atoms with van der Waals surface area (Å²) in [4.78, 5) is 73.3. The van der Waals surface area contributed by atoms with E-state index in [0.717, 1.165) is 23.6 Å². The molecular weight excluding hydrogens is 616 g/mol. The van der Waals surface area contributed by atoms with Crippen molar-refractivity contribution in [3.63, 3.8) is 0 Å². The van der Waals surface area contributed by atoms with Crippen LogP contribution in [0.25, 0.3) is 10.8 Å². The third kappa shape index (κ3) is 7.11. The average molecular weight is 665 g/mol. The molecule has 1 aromatic heterocycles. The minimum atomic E-state index is -1.53. The van der Waals surface area contributed by atoms with Crippen molar-refractivity contribution in [1.82, 2.24) is 31.2 Å². The zero-order valence-corrected chi connectivity index (χ0v) is 29.1. The van der Waals surface area contributed by atoms with Crippen LogP contribution in [0.4, 0.5) is 4.79 Å². The highest BCUT2D eigenvalue weighted by molar-refractivity contribution is 6.49. The molecule has 1 unspecified atom stereocenters. The van der Waals surface area contributed by atoms with Gasteiger partial charge in [-0.15, -0.1) is 0 Å². The van der Waals surface area contributed by atoms with Crippen LogP contribution >= 0.6 is 0 Å². The molecule has 2 aromatic rings. The lowest BCUT2D eigenvalue weighted by Gasteiger charge is -2.47. The Morgan fingerprint density at radius 3 is 2.40 bits per heavy atom. The van der Waals surface area contributed by atoms with Gasteiger partial charge in [0.15, 0.2) is 5.66 Å². The highest BCUT2D eigenvalue weighted by Gasteiger charge is 2.64. The highest BCUT2D eigenvalue weighted by Crippen LogP contribution is 2.37. The van der Waals surface area contributed by atoms with Gasteiger partial charge < -0.3 is 30.3 Å². The fraction of sp³-hybridized carbons (Fsp3) is 0.600. The third-order valence-corrected chi connectivity index (χ3v) is 9.10. The lowest BCUT2D eigenvalue weighted by atomic mass is 9.68. The number of aromatic nitrogens is 1. The number of likely N-dealkylation sites (tertiary alicyclic amines) is 1. The summed E-state index contributed by atoms with van der Waals surface area (Å²) < 4.78 is 11.8.